The van der Waals surface area contributed by atoms with E-state index in [0.29, 0.717) is 24.2 Å². The predicted octanol–water partition coefficient (Wildman–Crippen LogP) is 2.18. The Bertz CT molecular complexity index is 914. The fourth-order valence-electron chi connectivity index (χ4n) is 2.58. The van der Waals surface area contributed by atoms with Crippen LogP contribution in [0.2, 0.25) is 0 Å². The van der Waals surface area contributed by atoms with Crippen molar-refractivity contribution in [1.82, 2.24) is 15.6 Å². The number of rotatable bonds is 5. The van der Waals surface area contributed by atoms with E-state index in [1.165, 1.54) is 0 Å². The van der Waals surface area contributed by atoms with E-state index in [1.807, 2.05) is 42.5 Å². The van der Waals surface area contributed by atoms with E-state index >= 15 is 0 Å². The van der Waals surface area contributed by atoms with E-state index in [4.69, 9.17) is 0 Å². The molecule has 0 radical (unpaired) electrons. The highest BCUT2D eigenvalue weighted by Crippen LogP contribution is 2.10. The average Bonchev–Trinajstić information content (AvgIpc) is 2.62. The number of aromatic nitrogens is 1. The summed E-state index contributed by atoms with van der Waals surface area (Å²) in [5.41, 5.74) is 3.16. The number of amides is 1. The molecule has 0 spiro atoms. The molecular formula is C19H19N3O2. The zero-order valence-electron chi connectivity index (χ0n) is 13.4. The van der Waals surface area contributed by atoms with Gasteiger partial charge in [0.05, 0.1) is 0 Å². The number of nitrogens with one attached hydrogen (secondary N) is 3. The molecule has 0 aliphatic heterocycles. The lowest BCUT2D eigenvalue weighted by molar-refractivity contribution is 0.0963. The quantitative estimate of drug-likeness (QED) is 0.674. The molecule has 1 aromatic heterocycles. The maximum atomic E-state index is 12.1. The van der Waals surface area contributed by atoms with Gasteiger partial charge in [0.1, 0.15) is 0 Å². The van der Waals surface area contributed by atoms with Crippen molar-refractivity contribution in [3.8, 4) is 0 Å². The van der Waals surface area contributed by atoms with Crippen LogP contribution >= 0.6 is 0 Å². The van der Waals surface area contributed by atoms with Gasteiger partial charge in [-0.25, -0.2) is 0 Å². The van der Waals surface area contributed by atoms with Crippen LogP contribution in [0.5, 0.6) is 0 Å². The second-order valence-electron chi connectivity index (χ2n) is 5.59. The molecule has 5 nitrogen and oxygen atoms in total. The standard InChI is InChI=1S/C19H19N3O2/c1-20-18(23)14-8-6-13(7-9-14)11-21-12-16-10-15-4-2-3-5-17(15)22-19(16)24/h2-10,21H,11-12H2,1H3,(H,20,23)(H,22,24). The predicted molar refractivity (Wildman–Crippen MR) is 94.9 cm³/mol. The molecule has 0 aliphatic rings. The van der Waals surface area contributed by atoms with Crippen LogP contribution < -0.4 is 16.2 Å². The van der Waals surface area contributed by atoms with Crippen molar-refractivity contribution in [2.75, 3.05) is 7.05 Å². The molecule has 2 aromatic carbocycles. The fourth-order valence-corrected chi connectivity index (χ4v) is 2.58. The van der Waals surface area contributed by atoms with E-state index in [-0.39, 0.29) is 11.5 Å². The zero-order valence-corrected chi connectivity index (χ0v) is 13.4. The highest BCUT2D eigenvalue weighted by molar-refractivity contribution is 5.93. The summed E-state index contributed by atoms with van der Waals surface area (Å²) in [6.45, 7) is 1.11. The summed E-state index contributed by atoms with van der Waals surface area (Å²) in [4.78, 5) is 26.5. The molecule has 0 saturated carbocycles. The molecule has 1 amide bonds. The molecule has 1 heterocycles. The average molecular weight is 321 g/mol. The Morgan fingerprint density at radius 1 is 1.04 bits per heavy atom. The summed E-state index contributed by atoms with van der Waals surface area (Å²) in [6.07, 6.45) is 0. The van der Waals surface area contributed by atoms with Gasteiger partial charge in [0.25, 0.3) is 11.5 Å². The Balaban J connectivity index is 1.65. The molecule has 0 fully saturated rings. The number of H-pyrrole nitrogens is 1. The molecule has 0 aliphatic carbocycles. The minimum Gasteiger partial charge on any atom is -0.355 e. The van der Waals surface area contributed by atoms with Crippen molar-refractivity contribution in [3.63, 3.8) is 0 Å². The topological polar surface area (TPSA) is 74.0 Å². The molecule has 0 saturated heterocycles. The van der Waals surface area contributed by atoms with Gasteiger partial charge < -0.3 is 15.6 Å². The first-order chi connectivity index (χ1) is 11.7. The third kappa shape index (κ3) is 3.52. The number of carbonyl (C=O) groups excluding carboxylic acids is 1. The second kappa shape index (κ2) is 7.10. The van der Waals surface area contributed by atoms with Crippen LogP contribution in [0.3, 0.4) is 0 Å². The van der Waals surface area contributed by atoms with Gasteiger partial charge in [-0.1, -0.05) is 30.3 Å². The SMILES string of the molecule is CNC(=O)c1ccc(CNCc2cc3ccccc3[nH]c2=O)cc1. The van der Waals surface area contributed by atoms with Crippen molar-refractivity contribution in [2.45, 2.75) is 13.1 Å². The first-order valence-electron chi connectivity index (χ1n) is 7.80. The molecule has 0 atom stereocenters. The van der Waals surface area contributed by atoms with E-state index in [1.54, 1.807) is 19.2 Å². The molecule has 3 rings (SSSR count). The Morgan fingerprint density at radius 2 is 1.79 bits per heavy atom. The largest absolute Gasteiger partial charge is 0.355 e. The van der Waals surface area contributed by atoms with Gasteiger partial charge in [-0.05, 0) is 35.2 Å². The Morgan fingerprint density at radius 3 is 2.54 bits per heavy atom. The Kier molecular flexibility index (Phi) is 4.72. The monoisotopic (exact) mass is 321 g/mol. The maximum Gasteiger partial charge on any atom is 0.252 e. The van der Waals surface area contributed by atoms with Crippen molar-refractivity contribution in [2.24, 2.45) is 0 Å². The highest BCUT2D eigenvalue weighted by atomic mass is 16.1. The van der Waals surface area contributed by atoms with Crippen LogP contribution in [0.1, 0.15) is 21.5 Å². The van der Waals surface area contributed by atoms with Crippen molar-refractivity contribution >= 4 is 16.8 Å². The summed E-state index contributed by atoms with van der Waals surface area (Å²) >= 11 is 0. The van der Waals surface area contributed by atoms with Crippen molar-refractivity contribution in [3.05, 3.63) is 81.6 Å². The summed E-state index contributed by atoms with van der Waals surface area (Å²) in [6, 6.07) is 17.0. The first kappa shape index (κ1) is 16.0. The maximum absolute atomic E-state index is 12.1. The van der Waals surface area contributed by atoms with Gasteiger partial charge in [0, 0.05) is 36.8 Å². The number of para-hydroxylation sites is 1. The highest BCUT2D eigenvalue weighted by Gasteiger charge is 2.04. The number of carbonyl (C=O) groups is 1. The minimum atomic E-state index is -0.0998. The van der Waals surface area contributed by atoms with Gasteiger partial charge in [0.15, 0.2) is 0 Å². The van der Waals surface area contributed by atoms with Crippen LogP contribution in [0.15, 0.2) is 59.4 Å². The number of fused-ring (bicyclic) bond motifs is 1. The molecule has 3 N–H and O–H groups in total. The molecule has 5 heteroatoms. The first-order valence-corrected chi connectivity index (χ1v) is 7.80. The van der Waals surface area contributed by atoms with Crippen molar-refractivity contribution < 1.29 is 4.79 Å². The van der Waals surface area contributed by atoms with Gasteiger partial charge in [-0.15, -0.1) is 0 Å². The third-order valence-corrected chi connectivity index (χ3v) is 3.92. The smallest absolute Gasteiger partial charge is 0.252 e. The lowest BCUT2D eigenvalue weighted by atomic mass is 10.1. The Hall–Kier alpha value is -2.92. The van der Waals surface area contributed by atoms with E-state index in [0.717, 1.165) is 16.5 Å². The van der Waals surface area contributed by atoms with Gasteiger partial charge in [-0.3, -0.25) is 9.59 Å². The summed E-state index contributed by atoms with van der Waals surface area (Å²) in [7, 11) is 1.61. The van der Waals surface area contributed by atoms with Crippen LogP contribution in [0.4, 0.5) is 0 Å². The van der Waals surface area contributed by atoms with Crippen LogP contribution in [-0.4, -0.2) is 17.9 Å². The summed E-state index contributed by atoms with van der Waals surface area (Å²) in [5, 5.41) is 6.88. The van der Waals surface area contributed by atoms with Crippen LogP contribution in [0.25, 0.3) is 10.9 Å². The third-order valence-electron chi connectivity index (χ3n) is 3.92. The van der Waals surface area contributed by atoms with Gasteiger partial charge >= 0.3 is 0 Å². The number of hydrogen-bond donors (Lipinski definition) is 3. The van der Waals surface area contributed by atoms with Crippen molar-refractivity contribution in [1.29, 1.82) is 0 Å². The summed E-state index contributed by atoms with van der Waals surface area (Å²) in [5.74, 6) is -0.0998. The number of benzene rings is 2. The van der Waals surface area contributed by atoms with Gasteiger partial charge in [-0.2, -0.15) is 0 Å². The molecule has 122 valence electrons. The zero-order chi connectivity index (χ0) is 16.9. The molecule has 3 aromatic rings. The molecule has 24 heavy (non-hydrogen) atoms. The molecular weight excluding hydrogens is 302 g/mol. The van der Waals surface area contributed by atoms with E-state index in [2.05, 4.69) is 15.6 Å². The Labute approximate surface area is 139 Å². The number of aromatic amines is 1. The van der Waals surface area contributed by atoms with Crippen LogP contribution in [0, 0.1) is 0 Å². The van der Waals surface area contributed by atoms with E-state index < -0.39 is 0 Å². The van der Waals surface area contributed by atoms with E-state index in [9.17, 15) is 9.59 Å². The molecule has 0 unspecified atom stereocenters. The normalized spacial score (nSPS) is 10.7. The van der Waals surface area contributed by atoms with Crippen LogP contribution in [-0.2, 0) is 13.1 Å². The lowest BCUT2D eigenvalue weighted by Crippen LogP contribution is -2.21. The van der Waals surface area contributed by atoms with Gasteiger partial charge in [0.2, 0.25) is 0 Å². The lowest BCUT2D eigenvalue weighted by Gasteiger charge is -2.07. The second-order valence-corrected chi connectivity index (χ2v) is 5.59. The summed E-state index contributed by atoms with van der Waals surface area (Å²) < 4.78 is 0. The number of pyridine rings is 1. The fraction of sp³-hybridized carbons (Fsp3) is 0.158. The number of hydrogen-bond acceptors (Lipinski definition) is 3. The molecule has 0 bridgehead atoms. The minimum absolute atomic E-state index is 0.0730.